The van der Waals surface area contributed by atoms with Crippen molar-refractivity contribution < 1.29 is 14.3 Å². The SMILES string of the molecule is COC(=O)CCN(C(=O)CCC1CCCCC1)C12CC3CC(CC(C3)C1)C2. The van der Waals surface area contributed by atoms with E-state index in [0.29, 0.717) is 25.3 Å². The van der Waals surface area contributed by atoms with Crippen LogP contribution in [0.5, 0.6) is 0 Å². The monoisotopic (exact) mass is 375 g/mol. The molecule has 0 aliphatic heterocycles. The molecule has 5 aliphatic rings. The molecule has 0 atom stereocenters. The van der Waals surface area contributed by atoms with Gasteiger partial charge in [0.1, 0.15) is 0 Å². The molecule has 0 aromatic carbocycles. The lowest BCUT2D eigenvalue weighted by Gasteiger charge is -2.60. The molecule has 0 saturated heterocycles. The van der Waals surface area contributed by atoms with Gasteiger partial charge in [0, 0.05) is 18.5 Å². The summed E-state index contributed by atoms with van der Waals surface area (Å²) >= 11 is 0. The van der Waals surface area contributed by atoms with Crippen LogP contribution < -0.4 is 0 Å². The van der Waals surface area contributed by atoms with Crippen molar-refractivity contribution in [2.75, 3.05) is 13.7 Å². The van der Waals surface area contributed by atoms with E-state index in [1.165, 1.54) is 77.7 Å². The Morgan fingerprint density at radius 3 is 2.07 bits per heavy atom. The van der Waals surface area contributed by atoms with Crippen molar-refractivity contribution in [2.24, 2.45) is 23.7 Å². The molecule has 0 heterocycles. The number of rotatable bonds is 7. The van der Waals surface area contributed by atoms with E-state index in [1.807, 2.05) is 0 Å². The average Bonchev–Trinajstić information content (AvgIpc) is 2.66. The highest BCUT2D eigenvalue weighted by Crippen LogP contribution is 2.58. The normalized spacial score (nSPS) is 35.2. The Balaban J connectivity index is 1.44. The van der Waals surface area contributed by atoms with Gasteiger partial charge in [-0.1, -0.05) is 32.1 Å². The van der Waals surface area contributed by atoms with Gasteiger partial charge in [-0.25, -0.2) is 0 Å². The molecular weight excluding hydrogens is 338 g/mol. The van der Waals surface area contributed by atoms with E-state index in [0.717, 1.165) is 30.1 Å². The predicted molar refractivity (Wildman–Crippen MR) is 105 cm³/mol. The Bertz CT molecular complexity index is 517. The highest BCUT2D eigenvalue weighted by atomic mass is 16.5. The average molecular weight is 376 g/mol. The predicted octanol–water partition coefficient (Wildman–Crippen LogP) is 4.71. The van der Waals surface area contributed by atoms with Crippen molar-refractivity contribution in [2.45, 2.75) is 95.4 Å². The number of amides is 1. The maximum Gasteiger partial charge on any atom is 0.307 e. The quantitative estimate of drug-likeness (QED) is 0.606. The Kier molecular flexibility index (Phi) is 5.80. The van der Waals surface area contributed by atoms with Gasteiger partial charge in [0.2, 0.25) is 5.91 Å². The first-order valence-electron chi connectivity index (χ1n) is 11.5. The van der Waals surface area contributed by atoms with Crippen LogP contribution in [0.15, 0.2) is 0 Å². The summed E-state index contributed by atoms with van der Waals surface area (Å²) in [5.74, 6) is 3.28. The maximum atomic E-state index is 13.4. The van der Waals surface area contributed by atoms with Crippen molar-refractivity contribution in [1.29, 1.82) is 0 Å². The van der Waals surface area contributed by atoms with Gasteiger partial charge in [0.05, 0.1) is 13.5 Å². The van der Waals surface area contributed by atoms with E-state index < -0.39 is 0 Å². The zero-order chi connectivity index (χ0) is 18.9. The number of ether oxygens (including phenoxy) is 1. The molecule has 4 heteroatoms. The molecule has 5 rings (SSSR count). The van der Waals surface area contributed by atoms with E-state index in [2.05, 4.69) is 4.90 Å². The highest BCUT2D eigenvalue weighted by Gasteiger charge is 2.54. The Morgan fingerprint density at radius 1 is 0.926 bits per heavy atom. The zero-order valence-electron chi connectivity index (χ0n) is 17.1. The van der Waals surface area contributed by atoms with Crippen LogP contribution in [0.4, 0.5) is 0 Å². The molecular formula is C23H37NO3. The third-order valence-electron chi connectivity index (χ3n) is 8.14. The second-order valence-corrected chi connectivity index (χ2v) is 10.1. The smallest absolute Gasteiger partial charge is 0.307 e. The number of nitrogens with zero attached hydrogens (tertiary/aromatic N) is 1. The van der Waals surface area contributed by atoms with Gasteiger partial charge in [-0.05, 0) is 68.6 Å². The molecule has 152 valence electrons. The van der Waals surface area contributed by atoms with E-state index in [9.17, 15) is 9.59 Å². The van der Waals surface area contributed by atoms with E-state index >= 15 is 0 Å². The van der Waals surface area contributed by atoms with Crippen LogP contribution in [0.2, 0.25) is 0 Å². The first-order chi connectivity index (χ1) is 13.1. The number of carbonyl (C=O) groups is 2. The molecule has 0 radical (unpaired) electrons. The van der Waals surface area contributed by atoms with Crippen molar-refractivity contribution in [3.05, 3.63) is 0 Å². The fourth-order valence-corrected chi connectivity index (χ4v) is 7.27. The van der Waals surface area contributed by atoms with Gasteiger partial charge in [-0.3, -0.25) is 9.59 Å². The van der Waals surface area contributed by atoms with Gasteiger partial charge in [-0.2, -0.15) is 0 Å². The summed E-state index contributed by atoms with van der Waals surface area (Å²) in [7, 11) is 1.45. The van der Waals surface area contributed by atoms with Crippen LogP contribution in [-0.2, 0) is 14.3 Å². The van der Waals surface area contributed by atoms with Gasteiger partial charge >= 0.3 is 5.97 Å². The zero-order valence-corrected chi connectivity index (χ0v) is 17.1. The fourth-order valence-electron chi connectivity index (χ4n) is 7.27. The van der Waals surface area contributed by atoms with Crippen molar-refractivity contribution in [1.82, 2.24) is 4.90 Å². The summed E-state index contributed by atoms with van der Waals surface area (Å²) < 4.78 is 4.88. The number of hydrogen-bond acceptors (Lipinski definition) is 3. The summed E-state index contributed by atoms with van der Waals surface area (Å²) in [5, 5.41) is 0. The fraction of sp³-hybridized carbons (Fsp3) is 0.913. The lowest BCUT2D eigenvalue weighted by Crippen LogP contribution is -2.61. The molecule has 0 unspecified atom stereocenters. The summed E-state index contributed by atoms with van der Waals surface area (Å²) in [4.78, 5) is 27.4. The van der Waals surface area contributed by atoms with Crippen molar-refractivity contribution >= 4 is 11.9 Å². The van der Waals surface area contributed by atoms with Crippen LogP contribution >= 0.6 is 0 Å². The summed E-state index contributed by atoms with van der Waals surface area (Å²) in [6, 6.07) is 0. The van der Waals surface area contributed by atoms with Crippen molar-refractivity contribution in [3.8, 4) is 0 Å². The van der Waals surface area contributed by atoms with Crippen LogP contribution in [-0.4, -0.2) is 36.0 Å². The Hall–Kier alpha value is -1.06. The number of methoxy groups -OCH3 is 1. The van der Waals surface area contributed by atoms with Crippen molar-refractivity contribution in [3.63, 3.8) is 0 Å². The summed E-state index contributed by atoms with van der Waals surface area (Å²) in [6.07, 6.45) is 16.3. The molecule has 1 amide bonds. The highest BCUT2D eigenvalue weighted by molar-refractivity contribution is 5.78. The Morgan fingerprint density at radius 2 is 1.52 bits per heavy atom. The summed E-state index contributed by atoms with van der Waals surface area (Å²) in [6.45, 7) is 0.558. The first kappa shape index (κ1) is 19.3. The molecule has 0 aromatic heterocycles. The minimum Gasteiger partial charge on any atom is -0.469 e. The minimum atomic E-state index is -0.190. The number of esters is 1. The third-order valence-corrected chi connectivity index (χ3v) is 8.14. The van der Waals surface area contributed by atoms with Gasteiger partial charge < -0.3 is 9.64 Å². The van der Waals surface area contributed by atoms with E-state index in [1.54, 1.807) is 0 Å². The largest absolute Gasteiger partial charge is 0.469 e. The van der Waals surface area contributed by atoms with Gasteiger partial charge in [0.15, 0.2) is 0 Å². The van der Waals surface area contributed by atoms with E-state index in [4.69, 9.17) is 4.74 Å². The molecule has 5 aliphatic carbocycles. The lowest BCUT2D eigenvalue weighted by atomic mass is 9.52. The molecule has 5 saturated carbocycles. The van der Waals surface area contributed by atoms with Crippen LogP contribution in [0.3, 0.4) is 0 Å². The molecule has 27 heavy (non-hydrogen) atoms. The molecule has 4 nitrogen and oxygen atoms in total. The lowest BCUT2D eigenvalue weighted by molar-refractivity contribution is -0.153. The molecule has 0 spiro atoms. The Labute approximate surface area is 164 Å². The molecule has 4 bridgehead atoms. The number of carbonyl (C=O) groups excluding carboxylic acids is 2. The van der Waals surface area contributed by atoms with Crippen LogP contribution in [0, 0.1) is 23.7 Å². The van der Waals surface area contributed by atoms with E-state index in [-0.39, 0.29) is 11.5 Å². The molecule has 0 aromatic rings. The minimum absolute atomic E-state index is 0.0480. The molecule has 0 N–H and O–H groups in total. The van der Waals surface area contributed by atoms with Gasteiger partial charge in [0.25, 0.3) is 0 Å². The third kappa shape index (κ3) is 4.19. The second kappa shape index (κ2) is 8.13. The van der Waals surface area contributed by atoms with Crippen LogP contribution in [0.25, 0.3) is 0 Å². The molecule has 5 fully saturated rings. The maximum absolute atomic E-state index is 13.4. The van der Waals surface area contributed by atoms with Crippen LogP contribution in [0.1, 0.15) is 89.9 Å². The number of hydrogen-bond donors (Lipinski definition) is 0. The topological polar surface area (TPSA) is 46.6 Å². The van der Waals surface area contributed by atoms with Gasteiger partial charge in [-0.15, -0.1) is 0 Å². The first-order valence-corrected chi connectivity index (χ1v) is 11.5. The second-order valence-electron chi connectivity index (χ2n) is 10.1. The standard InChI is InChI=1S/C23H37NO3/c1-27-22(26)9-10-24(21(25)8-7-17-5-3-2-4-6-17)23-14-18-11-19(15-23)13-20(12-18)16-23/h17-20H,2-16H2,1H3. The summed E-state index contributed by atoms with van der Waals surface area (Å²) in [5.41, 5.74) is 0.0480.